The number of hydrogen-bond acceptors (Lipinski definition) is 3. The molecular formula is C22H21Cl2F3N2O3. The summed E-state index contributed by atoms with van der Waals surface area (Å²) < 4.78 is 41.8. The molecule has 1 saturated heterocycles. The summed E-state index contributed by atoms with van der Waals surface area (Å²) in [5, 5.41) is 9.10. The zero-order valence-corrected chi connectivity index (χ0v) is 18.6. The minimum Gasteiger partial charge on any atom is -0.481 e. The minimum atomic E-state index is -4.56. The maximum Gasteiger partial charge on any atom is 0.396 e. The Hall–Kier alpha value is -2.32. The van der Waals surface area contributed by atoms with Crippen LogP contribution in [0.2, 0.25) is 10.2 Å². The van der Waals surface area contributed by atoms with Crippen molar-refractivity contribution in [3.05, 3.63) is 63.4 Å². The molecule has 1 aliphatic heterocycles. The molecule has 2 atom stereocenters. The summed E-state index contributed by atoms with van der Waals surface area (Å²) in [4.78, 5) is 29.1. The molecular weight excluding hydrogens is 468 g/mol. The quantitative estimate of drug-likeness (QED) is 0.541. The van der Waals surface area contributed by atoms with Crippen LogP contribution in [-0.2, 0) is 4.79 Å². The van der Waals surface area contributed by atoms with Crippen LogP contribution in [0.5, 0.6) is 0 Å². The number of piperidine rings is 1. The number of halogens is 5. The van der Waals surface area contributed by atoms with Crippen molar-refractivity contribution < 1.29 is 27.9 Å². The van der Waals surface area contributed by atoms with Gasteiger partial charge in [0.25, 0.3) is 5.91 Å². The highest BCUT2D eigenvalue weighted by Crippen LogP contribution is 2.46. The second kappa shape index (κ2) is 9.67. The van der Waals surface area contributed by atoms with Crippen molar-refractivity contribution in [2.24, 2.45) is 5.92 Å². The van der Waals surface area contributed by atoms with Gasteiger partial charge in [-0.1, -0.05) is 36.2 Å². The summed E-state index contributed by atoms with van der Waals surface area (Å²) in [5.74, 6) is -4.60. The van der Waals surface area contributed by atoms with E-state index in [4.69, 9.17) is 28.3 Å². The van der Waals surface area contributed by atoms with Crippen LogP contribution in [0.25, 0.3) is 0 Å². The van der Waals surface area contributed by atoms with Crippen molar-refractivity contribution in [1.82, 2.24) is 9.88 Å². The molecule has 1 aromatic heterocycles. The first kappa shape index (κ1) is 24.3. The number of hydrogen-bond donors (Lipinski definition) is 1. The fraction of sp³-hybridized carbons (Fsp3) is 0.409. The summed E-state index contributed by atoms with van der Waals surface area (Å²) in [6.45, 7) is 2.01. The third kappa shape index (κ3) is 5.35. The van der Waals surface area contributed by atoms with E-state index in [1.165, 1.54) is 48.4 Å². The standard InChI is InChI=1S/C22H21Cl2F3N2O3/c1-12(19(22(25,26)27)14-4-7-28-18(24)11-14)16-3-2-15(10-17(16)23)20(30)29-8-5-13(6-9-29)21(31)32/h2-4,7,10-13,19H,5-6,8-9H2,1H3,(H,31,32). The van der Waals surface area contributed by atoms with Crippen LogP contribution in [0.15, 0.2) is 36.5 Å². The number of carbonyl (C=O) groups is 2. The Bertz CT molecular complexity index is 1010. The molecule has 1 aliphatic rings. The summed E-state index contributed by atoms with van der Waals surface area (Å²) in [6.07, 6.45) is -2.63. The van der Waals surface area contributed by atoms with Crippen LogP contribution >= 0.6 is 23.2 Å². The molecule has 1 amide bonds. The lowest BCUT2D eigenvalue weighted by molar-refractivity contribution is -0.154. The second-order valence-electron chi connectivity index (χ2n) is 7.86. The van der Waals surface area contributed by atoms with Crippen LogP contribution in [0.4, 0.5) is 13.2 Å². The van der Waals surface area contributed by atoms with Gasteiger partial charge in [-0.3, -0.25) is 9.59 Å². The fourth-order valence-corrected chi connectivity index (χ4v) is 4.63. The monoisotopic (exact) mass is 488 g/mol. The number of rotatable bonds is 5. The van der Waals surface area contributed by atoms with Gasteiger partial charge in [-0.05, 0) is 54.2 Å². The summed E-state index contributed by atoms with van der Waals surface area (Å²) in [7, 11) is 0. The van der Waals surface area contributed by atoms with Crippen LogP contribution < -0.4 is 0 Å². The van der Waals surface area contributed by atoms with Crippen molar-refractivity contribution in [3.8, 4) is 0 Å². The van der Waals surface area contributed by atoms with E-state index in [-0.39, 0.29) is 32.8 Å². The normalized spacial score (nSPS) is 17.1. The molecule has 5 nitrogen and oxygen atoms in total. The SMILES string of the molecule is CC(c1ccc(C(=O)N2CCC(C(=O)O)CC2)cc1Cl)C(c1ccnc(Cl)c1)C(F)(F)F. The Morgan fingerprint density at radius 1 is 1.16 bits per heavy atom. The van der Waals surface area contributed by atoms with Crippen molar-refractivity contribution in [2.75, 3.05) is 13.1 Å². The summed E-state index contributed by atoms with van der Waals surface area (Å²) >= 11 is 12.1. The molecule has 32 heavy (non-hydrogen) atoms. The number of nitrogens with zero attached hydrogens (tertiary/aromatic N) is 2. The van der Waals surface area contributed by atoms with Gasteiger partial charge in [0, 0.05) is 29.9 Å². The van der Waals surface area contributed by atoms with E-state index in [9.17, 15) is 22.8 Å². The molecule has 0 spiro atoms. The highest BCUT2D eigenvalue weighted by molar-refractivity contribution is 6.31. The van der Waals surface area contributed by atoms with Crippen molar-refractivity contribution in [2.45, 2.75) is 37.8 Å². The van der Waals surface area contributed by atoms with Crippen LogP contribution in [0, 0.1) is 5.92 Å². The van der Waals surface area contributed by atoms with Gasteiger partial charge in [0.15, 0.2) is 0 Å². The molecule has 10 heteroatoms. The number of aliphatic carboxylic acids is 1. The van der Waals surface area contributed by atoms with Gasteiger partial charge in [0.2, 0.25) is 0 Å². The molecule has 1 fully saturated rings. The van der Waals surface area contributed by atoms with Crippen LogP contribution in [0.1, 0.15) is 53.1 Å². The Labute approximate surface area is 193 Å². The highest BCUT2D eigenvalue weighted by Gasteiger charge is 2.45. The van der Waals surface area contributed by atoms with E-state index in [0.29, 0.717) is 25.9 Å². The van der Waals surface area contributed by atoms with Crippen LogP contribution in [-0.4, -0.2) is 46.1 Å². The lowest BCUT2D eigenvalue weighted by Crippen LogP contribution is -2.40. The number of carboxylic acid groups (broad SMARTS) is 1. The first-order valence-corrected chi connectivity index (χ1v) is 10.7. The van der Waals surface area contributed by atoms with E-state index in [1.807, 2.05) is 0 Å². The number of carboxylic acids is 1. The average Bonchev–Trinajstić information content (AvgIpc) is 2.72. The Morgan fingerprint density at radius 2 is 1.81 bits per heavy atom. The number of benzene rings is 1. The van der Waals surface area contributed by atoms with Gasteiger partial charge in [-0.15, -0.1) is 0 Å². The smallest absolute Gasteiger partial charge is 0.396 e. The van der Waals surface area contributed by atoms with Crippen molar-refractivity contribution >= 4 is 35.1 Å². The number of amides is 1. The topological polar surface area (TPSA) is 70.5 Å². The van der Waals surface area contributed by atoms with E-state index in [0.717, 1.165) is 0 Å². The van der Waals surface area contributed by atoms with Gasteiger partial charge in [-0.2, -0.15) is 13.2 Å². The summed E-state index contributed by atoms with van der Waals surface area (Å²) in [5.41, 5.74) is 0.473. The predicted octanol–water partition coefficient (Wildman–Crippen LogP) is 5.77. The average molecular weight is 489 g/mol. The summed E-state index contributed by atoms with van der Waals surface area (Å²) in [6, 6.07) is 6.71. The molecule has 0 saturated carbocycles. The molecule has 2 heterocycles. The molecule has 0 bridgehead atoms. The molecule has 2 aromatic rings. The number of pyridine rings is 1. The van der Waals surface area contributed by atoms with E-state index in [2.05, 4.69) is 4.98 Å². The third-order valence-corrected chi connectivity index (χ3v) is 6.37. The Balaban J connectivity index is 1.83. The van der Waals surface area contributed by atoms with Gasteiger partial charge in [0.1, 0.15) is 5.15 Å². The molecule has 2 unspecified atom stereocenters. The Morgan fingerprint density at radius 3 is 2.34 bits per heavy atom. The number of carbonyl (C=O) groups excluding carboxylic acids is 1. The third-order valence-electron chi connectivity index (χ3n) is 5.83. The zero-order valence-electron chi connectivity index (χ0n) is 17.1. The largest absolute Gasteiger partial charge is 0.481 e. The molecule has 3 rings (SSSR count). The first-order chi connectivity index (χ1) is 15.0. The van der Waals surface area contributed by atoms with Crippen LogP contribution in [0.3, 0.4) is 0 Å². The first-order valence-electron chi connectivity index (χ1n) is 9.98. The zero-order chi connectivity index (χ0) is 23.6. The molecule has 172 valence electrons. The highest BCUT2D eigenvalue weighted by atomic mass is 35.5. The maximum atomic E-state index is 13.9. The fourth-order valence-electron chi connectivity index (χ4n) is 4.09. The number of likely N-dealkylation sites (tertiary alicyclic amines) is 1. The Kier molecular flexibility index (Phi) is 7.35. The lowest BCUT2D eigenvalue weighted by Gasteiger charge is -2.30. The molecule has 1 aromatic carbocycles. The van der Waals surface area contributed by atoms with E-state index < -0.39 is 29.9 Å². The second-order valence-corrected chi connectivity index (χ2v) is 8.66. The molecule has 0 radical (unpaired) electrons. The van der Waals surface area contributed by atoms with Gasteiger partial charge >= 0.3 is 12.1 Å². The van der Waals surface area contributed by atoms with Gasteiger partial charge in [-0.25, -0.2) is 4.98 Å². The lowest BCUT2D eigenvalue weighted by atomic mass is 9.82. The van der Waals surface area contributed by atoms with Gasteiger partial charge in [0.05, 0.1) is 11.8 Å². The van der Waals surface area contributed by atoms with Crippen molar-refractivity contribution in [3.63, 3.8) is 0 Å². The molecule has 0 aliphatic carbocycles. The maximum absolute atomic E-state index is 13.9. The number of aromatic nitrogens is 1. The van der Waals surface area contributed by atoms with E-state index >= 15 is 0 Å². The van der Waals surface area contributed by atoms with Crippen molar-refractivity contribution in [1.29, 1.82) is 0 Å². The van der Waals surface area contributed by atoms with E-state index in [1.54, 1.807) is 0 Å². The minimum absolute atomic E-state index is 0.0254. The molecule has 1 N–H and O–H groups in total. The van der Waals surface area contributed by atoms with Gasteiger partial charge < -0.3 is 10.0 Å². The predicted molar refractivity (Wildman–Crippen MR) is 114 cm³/mol. The number of alkyl halides is 3.